The van der Waals surface area contributed by atoms with Crippen LogP contribution in [-0.4, -0.2) is 27.8 Å². The minimum absolute atomic E-state index is 0.00962. The molecule has 0 amide bonds. The van der Waals surface area contributed by atoms with E-state index in [0.717, 1.165) is 5.82 Å². The molecule has 1 N–H and O–H groups in total. The molecule has 1 heterocycles. The molecule has 0 radical (unpaired) electrons. The maximum Gasteiger partial charge on any atom is 0.306 e. The molecule has 1 unspecified atom stereocenters. The number of hydrogen-bond acceptors (Lipinski definition) is 4. The van der Waals surface area contributed by atoms with E-state index in [0.29, 0.717) is 24.8 Å². The van der Waals surface area contributed by atoms with Gasteiger partial charge in [0.05, 0.1) is 13.0 Å². The first-order chi connectivity index (χ1) is 7.49. The number of H-pyrrole nitrogens is 1. The summed E-state index contributed by atoms with van der Waals surface area (Å²) in [7, 11) is 0. The summed E-state index contributed by atoms with van der Waals surface area (Å²) in [6.45, 7) is 8.24. The molecule has 0 spiro atoms. The van der Waals surface area contributed by atoms with Gasteiger partial charge in [0.15, 0.2) is 5.82 Å². The summed E-state index contributed by atoms with van der Waals surface area (Å²) in [5.74, 6) is 1.59. The zero-order valence-corrected chi connectivity index (χ0v) is 10.3. The largest absolute Gasteiger partial charge is 0.465 e. The Morgan fingerprint density at radius 3 is 2.62 bits per heavy atom. The molecule has 1 aromatic heterocycles. The molecule has 1 rings (SSSR count). The van der Waals surface area contributed by atoms with Crippen molar-refractivity contribution in [3.63, 3.8) is 0 Å². The number of hydrogen-bond donors (Lipinski definition) is 1. The predicted octanol–water partition coefficient (Wildman–Crippen LogP) is 1.81. The Balaban J connectivity index is 2.39. The van der Waals surface area contributed by atoms with Crippen LogP contribution in [0, 0.1) is 12.8 Å². The Labute approximate surface area is 95.6 Å². The van der Waals surface area contributed by atoms with Gasteiger partial charge in [0.1, 0.15) is 5.82 Å². The van der Waals surface area contributed by atoms with Crippen molar-refractivity contribution in [1.82, 2.24) is 15.2 Å². The summed E-state index contributed by atoms with van der Waals surface area (Å²) >= 11 is 0. The fraction of sp³-hybridized carbons (Fsp3) is 0.727. The van der Waals surface area contributed by atoms with Crippen molar-refractivity contribution in [1.29, 1.82) is 0 Å². The van der Waals surface area contributed by atoms with E-state index in [2.05, 4.69) is 15.2 Å². The third-order valence-corrected chi connectivity index (χ3v) is 2.11. The molecular formula is C11H19N3O2. The normalized spacial score (nSPS) is 12.8. The van der Waals surface area contributed by atoms with Crippen molar-refractivity contribution in [2.45, 2.75) is 40.0 Å². The number of carbonyl (C=O) groups is 1. The summed E-state index contributed by atoms with van der Waals surface area (Å²) in [5.41, 5.74) is 0. The van der Waals surface area contributed by atoms with Crippen molar-refractivity contribution in [3.8, 4) is 0 Å². The Kier molecular flexibility index (Phi) is 4.46. The van der Waals surface area contributed by atoms with Gasteiger partial charge in [-0.15, -0.1) is 0 Å². The van der Waals surface area contributed by atoms with Crippen LogP contribution in [0.15, 0.2) is 0 Å². The number of esters is 1. The quantitative estimate of drug-likeness (QED) is 0.776. The van der Waals surface area contributed by atoms with Gasteiger partial charge >= 0.3 is 5.97 Å². The lowest BCUT2D eigenvalue weighted by atomic mass is 10.1. The van der Waals surface area contributed by atoms with Gasteiger partial charge in [0.25, 0.3) is 0 Å². The van der Waals surface area contributed by atoms with Gasteiger partial charge in [-0.25, -0.2) is 4.98 Å². The average molecular weight is 225 g/mol. The maximum atomic E-state index is 11.5. The number of nitrogens with zero attached hydrogens (tertiary/aromatic N) is 2. The summed E-state index contributed by atoms with van der Waals surface area (Å²) in [6, 6.07) is 0. The fourth-order valence-electron chi connectivity index (χ4n) is 1.24. The molecule has 5 heteroatoms. The molecule has 1 atom stereocenters. The molecule has 5 nitrogen and oxygen atoms in total. The molecule has 0 saturated heterocycles. The molecule has 16 heavy (non-hydrogen) atoms. The zero-order valence-electron chi connectivity index (χ0n) is 10.3. The van der Waals surface area contributed by atoms with Crippen LogP contribution >= 0.6 is 0 Å². The van der Waals surface area contributed by atoms with Crippen LogP contribution in [0.25, 0.3) is 0 Å². The molecule has 90 valence electrons. The number of aromatic amines is 1. The fourth-order valence-corrected chi connectivity index (χ4v) is 1.24. The smallest absolute Gasteiger partial charge is 0.306 e. The van der Waals surface area contributed by atoms with Crippen LogP contribution in [0.3, 0.4) is 0 Å². The van der Waals surface area contributed by atoms with Crippen LogP contribution in [0.1, 0.15) is 44.8 Å². The SMILES string of the molecule is Cc1nc(C(C)CC(=O)OCC(C)C)n[nH]1. The molecule has 0 aliphatic rings. The number of aromatic nitrogens is 3. The average Bonchev–Trinajstić information content (AvgIpc) is 2.62. The van der Waals surface area contributed by atoms with Crippen LogP contribution in [0.2, 0.25) is 0 Å². The second kappa shape index (κ2) is 5.63. The molecule has 0 saturated carbocycles. The lowest BCUT2D eigenvalue weighted by Gasteiger charge is -2.09. The highest BCUT2D eigenvalue weighted by atomic mass is 16.5. The van der Waals surface area contributed by atoms with Gasteiger partial charge in [0.2, 0.25) is 0 Å². The third-order valence-electron chi connectivity index (χ3n) is 2.11. The Morgan fingerprint density at radius 1 is 1.44 bits per heavy atom. The summed E-state index contributed by atoms with van der Waals surface area (Å²) in [4.78, 5) is 15.6. The van der Waals surface area contributed by atoms with Crippen molar-refractivity contribution < 1.29 is 9.53 Å². The Bertz CT molecular complexity index is 347. The number of ether oxygens (including phenoxy) is 1. The van der Waals surface area contributed by atoms with Gasteiger partial charge in [-0.2, -0.15) is 5.10 Å². The van der Waals surface area contributed by atoms with Crippen LogP contribution in [-0.2, 0) is 9.53 Å². The summed E-state index contributed by atoms with van der Waals surface area (Å²) in [5, 5.41) is 6.78. The standard InChI is InChI=1S/C11H19N3O2/c1-7(2)6-16-10(15)5-8(3)11-12-9(4)13-14-11/h7-8H,5-6H2,1-4H3,(H,12,13,14). The summed E-state index contributed by atoms with van der Waals surface area (Å²) < 4.78 is 5.10. The van der Waals surface area contributed by atoms with Crippen molar-refractivity contribution in [2.75, 3.05) is 6.61 Å². The van der Waals surface area contributed by atoms with E-state index in [1.165, 1.54) is 0 Å². The van der Waals surface area contributed by atoms with E-state index in [4.69, 9.17) is 4.74 Å². The monoisotopic (exact) mass is 225 g/mol. The molecular weight excluding hydrogens is 206 g/mol. The summed E-state index contributed by atoms with van der Waals surface area (Å²) in [6.07, 6.45) is 0.323. The van der Waals surface area contributed by atoms with Gasteiger partial charge in [-0.1, -0.05) is 20.8 Å². The molecule has 0 fully saturated rings. The highest BCUT2D eigenvalue weighted by molar-refractivity contribution is 5.70. The van der Waals surface area contributed by atoms with E-state index < -0.39 is 0 Å². The maximum absolute atomic E-state index is 11.5. The van der Waals surface area contributed by atoms with Gasteiger partial charge < -0.3 is 4.74 Å². The molecule has 0 aliphatic heterocycles. The highest BCUT2D eigenvalue weighted by Gasteiger charge is 2.16. The minimum Gasteiger partial charge on any atom is -0.465 e. The Morgan fingerprint density at radius 2 is 2.12 bits per heavy atom. The van der Waals surface area contributed by atoms with Crippen molar-refractivity contribution in [2.24, 2.45) is 5.92 Å². The lowest BCUT2D eigenvalue weighted by Crippen LogP contribution is -2.13. The van der Waals surface area contributed by atoms with E-state index in [1.807, 2.05) is 27.7 Å². The van der Waals surface area contributed by atoms with Gasteiger partial charge in [0, 0.05) is 5.92 Å². The number of aryl methyl sites for hydroxylation is 1. The molecule has 0 aliphatic carbocycles. The first kappa shape index (κ1) is 12.7. The first-order valence-corrected chi connectivity index (χ1v) is 5.53. The second-order valence-corrected chi connectivity index (χ2v) is 4.46. The topological polar surface area (TPSA) is 67.9 Å². The van der Waals surface area contributed by atoms with Crippen LogP contribution < -0.4 is 0 Å². The van der Waals surface area contributed by atoms with Crippen LogP contribution in [0.5, 0.6) is 0 Å². The molecule has 1 aromatic rings. The van der Waals surface area contributed by atoms with E-state index in [9.17, 15) is 4.79 Å². The minimum atomic E-state index is -0.191. The van der Waals surface area contributed by atoms with Crippen molar-refractivity contribution >= 4 is 5.97 Å². The molecule has 0 bridgehead atoms. The van der Waals surface area contributed by atoms with E-state index in [-0.39, 0.29) is 11.9 Å². The van der Waals surface area contributed by atoms with E-state index in [1.54, 1.807) is 0 Å². The Hall–Kier alpha value is -1.39. The molecule has 0 aromatic carbocycles. The second-order valence-electron chi connectivity index (χ2n) is 4.46. The van der Waals surface area contributed by atoms with E-state index >= 15 is 0 Å². The number of rotatable bonds is 5. The zero-order chi connectivity index (χ0) is 12.1. The van der Waals surface area contributed by atoms with Crippen LogP contribution in [0.4, 0.5) is 0 Å². The number of nitrogens with one attached hydrogen (secondary N) is 1. The van der Waals surface area contributed by atoms with Gasteiger partial charge in [-0.3, -0.25) is 9.89 Å². The first-order valence-electron chi connectivity index (χ1n) is 5.53. The highest BCUT2D eigenvalue weighted by Crippen LogP contribution is 2.15. The number of carbonyl (C=O) groups excluding carboxylic acids is 1. The van der Waals surface area contributed by atoms with Crippen molar-refractivity contribution in [3.05, 3.63) is 11.6 Å². The predicted molar refractivity (Wildman–Crippen MR) is 59.9 cm³/mol. The van der Waals surface area contributed by atoms with Gasteiger partial charge in [-0.05, 0) is 12.8 Å². The lowest BCUT2D eigenvalue weighted by molar-refractivity contribution is -0.145. The third kappa shape index (κ3) is 4.00.